The van der Waals surface area contributed by atoms with E-state index in [1.165, 1.54) is 51.5 Å². The summed E-state index contributed by atoms with van der Waals surface area (Å²) < 4.78 is 0. The van der Waals surface area contributed by atoms with E-state index in [0.717, 1.165) is 12.5 Å². The summed E-state index contributed by atoms with van der Waals surface area (Å²) in [5, 5.41) is 9.61. The van der Waals surface area contributed by atoms with E-state index in [1.54, 1.807) is 0 Å². The first kappa shape index (κ1) is 11.4. The largest absolute Gasteiger partial charge is 0.396 e. The second-order valence-corrected chi connectivity index (χ2v) is 5.86. The first-order chi connectivity index (χ1) is 7.24. The fourth-order valence-corrected chi connectivity index (χ4v) is 3.05. The molecule has 15 heavy (non-hydrogen) atoms. The zero-order valence-electron chi connectivity index (χ0n) is 10.0. The molecule has 2 aliphatic rings. The fraction of sp³-hybridized carbons (Fsp3) is 1.00. The molecule has 0 atom stereocenters. The molecule has 0 bridgehead atoms. The Morgan fingerprint density at radius 2 is 1.87 bits per heavy atom. The van der Waals surface area contributed by atoms with E-state index >= 15 is 0 Å². The van der Waals surface area contributed by atoms with E-state index in [-0.39, 0.29) is 5.41 Å². The molecule has 1 N–H and O–H groups in total. The highest BCUT2D eigenvalue weighted by Gasteiger charge is 2.33. The van der Waals surface area contributed by atoms with E-state index in [1.807, 2.05) is 0 Å². The van der Waals surface area contributed by atoms with Gasteiger partial charge in [0.2, 0.25) is 0 Å². The summed E-state index contributed by atoms with van der Waals surface area (Å²) in [4.78, 5) is 2.46. The van der Waals surface area contributed by atoms with Crippen LogP contribution in [0.3, 0.4) is 0 Å². The molecule has 0 saturated heterocycles. The van der Waals surface area contributed by atoms with Gasteiger partial charge in [-0.2, -0.15) is 0 Å². The normalized spacial score (nSPS) is 25.8. The second kappa shape index (κ2) is 4.84. The van der Waals surface area contributed by atoms with E-state index in [4.69, 9.17) is 0 Å². The minimum Gasteiger partial charge on any atom is -0.396 e. The lowest BCUT2D eigenvalue weighted by Gasteiger charge is -2.38. The van der Waals surface area contributed by atoms with Crippen molar-refractivity contribution in [2.24, 2.45) is 11.3 Å². The second-order valence-electron chi connectivity index (χ2n) is 5.86. The lowest BCUT2D eigenvalue weighted by Crippen LogP contribution is -2.40. The third-order valence-electron chi connectivity index (χ3n) is 4.12. The summed E-state index contributed by atoms with van der Waals surface area (Å²) >= 11 is 0. The molecule has 2 nitrogen and oxygen atoms in total. The maximum absolute atomic E-state index is 9.61. The van der Waals surface area contributed by atoms with E-state index < -0.39 is 0 Å². The smallest absolute Gasteiger partial charge is 0.0499 e. The van der Waals surface area contributed by atoms with Crippen LogP contribution in [0.2, 0.25) is 0 Å². The van der Waals surface area contributed by atoms with Gasteiger partial charge in [0.25, 0.3) is 0 Å². The standard InChI is InChI=1S/C13H25NO/c1-14(9-12-5-6-12)10-13(11-15)7-3-2-4-8-13/h12,15H,2-11H2,1H3. The number of nitrogens with zero attached hydrogens (tertiary/aromatic N) is 1. The third kappa shape index (κ3) is 3.18. The minimum atomic E-state index is 0.238. The van der Waals surface area contributed by atoms with Gasteiger partial charge in [0.15, 0.2) is 0 Å². The molecule has 0 aliphatic heterocycles. The van der Waals surface area contributed by atoms with Crippen molar-refractivity contribution in [3.05, 3.63) is 0 Å². The first-order valence-electron chi connectivity index (χ1n) is 6.53. The predicted octanol–water partition coefficient (Wildman–Crippen LogP) is 2.27. The van der Waals surface area contributed by atoms with Gasteiger partial charge >= 0.3 is 0 Å². The van der Waals surface area contributed by atoms with Crippen LogP contribution in [0.1, 0.15) is 44.9 Å². The number of aliphatic hydroxyl groups excluding tert-OH is 1. The van der Waals surface area contributed by atoms with Gasteiger partial charge in [-0.25, -0.2) is 0 Å². The molecule has 0 spiro atoms. The van der Waals surface area contributed by atoms with Gasteiger partial charge in [0.1, 0.15) is 0 Å². The Bertz CT molecular complexity index is 195. The van der Waals surface area contributed by atoms with Crippen molar-refractivity contribution in [3.8, 4) is 0 Å². The number of aliphatic hydroxyl groups is 1. The zero-order valence-corrected chi connectivity index (χ0v) is 10.0. The molecular weight excluding hydrogens is 186 g/mol. The van der Waals surface area contributed by atoms with E-state index in [9.17, 15) is 5.11 Å². The molecule has 0 aromatic rings. The summed E-state index contributed by atoms with van der Waals surface area (Å²) in [5.74, 6) is 0.967. The average molecular weight is 211 g/mol. The molecule has 0 aromatic carbocycles. The molecular formula is C13H25NO. The van der Waals surface area contributed by atoms with Crippen LogP contribution in [-0.4, -0.2) is 36.8 Å². The van der Waals surface area contributed by atoms with Gasteiger partial charge in [-0.05, 0) is 38.6 Å². The van der Waals surface area contributed by atoms with Gasteiger partial charge in [-0.3, -0.25) is 0 Å². The average Bonchev–Trinajstić information content (AvgIpc) is 3.03. The maximum atomic E-state index is 9.61. The van der Waals surface area contributed by atoms with Crippen molar-refractivity contribution in [1.29, 1.82) is 0 Å². The van der Waals surface area contributed by atoms with E-state index in [0.29, 0.717) is 6.61 Å². The van der Waals surface area contributed by atoms with Crippen molar-refractivity contribution >= 4 is 0 Å². The topological polar surface area (TPSA) is 23.5 Å². The number of hydrogen-bond donors (Lipinski definition) is 1. The molecule has 0 heterocycles. The van der Waals surface area contributed by atoms with Crippen LogP contribution in [0.25, 0.3) is 0 Å². The van der Waals surface area contributed by atoms with Gasteiger partial charge in [0, 0.05) is 25.1 Å². The Balaban J connectivity index is 1.81. The summed E-state index contributed by atoms with van der Waals surface area (Å²) in [5.41, 5.74) is 0.238. The van der Waals surface area contributed by atoms with Gasteiger partial charge < -0.3 is 10.0 Å². The summed E-state index contributed by atoms with van der Waals surface area (Å²) in [6.07, 6.45) is 9.33. The van der Waals surface area contributed by atoms with Crippen molar-refractivity contribution in [3.63, 3.8) is 0 Å². The van der Waals surface area contributed by atoms with Crippen LogP contribution < -0.4 is 0 Å². The van der Waals surface area contributed by atoms with Crippen LogP contribution in [0.4, 0.5) is 0 Å². The number of rotatable bonds is 5. The summed E-state index contributed by atoms with van der Waals surface area (Å²) in [6, 6.07) is 0. The van der Waals surface area contributed by atoms with Crippen LogP contribution in [0.15, 0.2) is 0 Å². The highest BCUT2D eigenvalue weighted by Crippen LogP contribution is 2.37. The molecule has 2 fully saturated rings. The summed E-state index contributed by atoms with van der Waals surface area (Å²) in [6.45, 7) is 2.75. The van der Waals surface area contributed by atoms with E-state index in [2.05, 4.69) is 11.9 Å². The van der Waals surface area contributed by atoms with Crippen molar-refractivity contribution < 1.29 is 5.11 Å². The molecule has 2 saturated carbocycles. The van der Waals surface area contributed by atoms with Crippen molar-refractivity contribution in [1.82, 2.24) is 4.90 Å². The van der Waals surface area contributed by atoms with Crippen molar-refractivity contribution in [2.75, 3.05) is 26.7 Å². The monoisotopic (exact) mass is 211 g/mol. The lowest BCUT2D eigenvalue weighted by molar-refractivity contribution is 0.0473. The molecule has 0 amide bonds. The fourth-order valence-electron chi connectivity index (χ4n) is 3.05. The van der Waals surface area contributed by atoms with Gasteiger partial charge in [0.05, 0.1) is 0 Å². The Morgan fingerprint density at radius 3 is 2.40 bits per heavy atom. The van der Waals surface area contributed by atoms with Crippen LogP contribution >= 0.6 is 0 Å². The maximum Gasteiger partial charge on any atom is 0.0499 e. The van der Waals surface area contributed by atoms with Gasteiger partial charge in [-0.15, -0.1) is 0 Å². The molecule has 0 radical (unpaired) electrons. The molecule has 0 unspecified atom stereocenters. The minimum absolute atomic E-state index is 0.238. The summed E-state index contributed by atoms with van der Waals surface area (Å²) in [7, 11) is 2.23. The quantitative estimate of drug-likeness (QED) is 0.754. The van der Waals surface area contributed by atoms with Crippen LogP contribution in [0, 0.1) is 11.3 Å². The number of hydrogen-bond acceptors (Lipinski definition) is 2. The highest BCUT2D eigenvalue weighted by molar-refractivity contribution is 4.86. The van der Waals surface area contributed by atoms with Gasteiger partial charge in [-0.1, -0.05) is 19.3 Å². The Labute approximate surface area is 93.7 Å². The molecule has 2 aliphatic carbocycles. The molecule has 0 aromatic heterocycles. The Hall–Kier alpha value is -0.0800. The van der Waals surface area contributed by atoms with Crippen molar-refractivity contribution in [2.45, 2.75) is 44.9 Å². The Morgan fingerprint density at radius 1 is 1.20 bits per heavy atom. The lowest BCUT2D eigenvalue weighted by atomic mass is 9.74. The molecule has 2 heteroatoms. The molecule has 88 valence electrons. The molecule has 2 rings (SSSR count). The van der Waals surface area contributed by atoms with Crippen LogP contribution in [-0.2, 0) is 0 Å². The van der Waals surface area contributed by atoms with Crippen LogP contribution in [0.5, 0.6) is 0 Å². The SMILES string of the molecule is CN(CC1CC1)CC1(CO)CCCCC1. The predicted molar refractivity (Wildman–Crippen MR) is 62.8 cm³/mol. The zero-order chi connectivity index (χ0) is 10.7. The highest BCUT2D eigenvalue weighted by atomic mass is 16.3. The Kier molecular flexibility index (Phi) is 3.68. The third-order valence-corrected chi connectivity index (χ3v) is 4.12. The first-order valence-corrected chi connectivity index (χ1v) is 6.53.